The van der Waals surface area contributed by atoms with Crippen molar-refractivity contribution in [3.8, 4) is 0 Å². The monoisotopic (exact) mass is 237 g/mol. The molecule has 1 N–H and O–H groups in total. The van der Waals surface area contributed by atoms with Gasteiger partial charge in [0.1, 0.15) is 0 Å². The highest BCUT2D eigenvalue weighted by molar-refractivity contribution is 9.10. The quantitative estimate of drug-likeness (QED) is 0.745. The Morgan fingerprint density at radius 1 is 1.67 bits per heavy atom. The number of rotatable bonds is 3. The molecule has 0 aliphatic heterocycles. The highest BCUT2D eigenvalue weighted by Crippen LogP contribution is 2.19. The van der Waals surface area contributed by atoms with Crippen LogP contribution < -0.4 is 0 Å². The number of alkyl halides is 1. The fourth-order valence-corrected chi connectivity index (χ4v) is 1.02. The molecule has 12 heavy (non-hydrogen) atoms. The first-order valence-corrected chi connectivity index (χ1v) is 4.67. The molecule has 4 heteroatoms. The van der Waals surface area contributed by atoms with Crippen molar-refractivity contribution in [3.05, 3.63) is 0 Å². The normalized spacial score (nSPS) is 14.2. The Morgan fingerprint density at radius 3 is 2.33 bits per heavy atom. The van der Waals surface area contributed by atoms with Gasteiger partial charge in [-0.3, -0.25) is 4.79 Å². The number of halogens is 1. The molecule has 3 nitrogen and oxygen atoms in total. The number of aliphatic hydroxyl groups is 1. The Kier molecular flexibility index (Phi) is 4.20. The lowest BCUT2D eigenvalue weighted by Crippen LogP contribution is -2.45. The molecular weight excluding hydrogens is 222 g/mol. The lowest BCUT2D eigenvalue weighted by atomic mass is 10.1. The van der Waals surface area contributed by atoms with E-state index in [1.807, 2.05) is 0 Å². The van der Waals surface area contributed by atoms with Crippen molar-refractivity contribution in [2.45, 2.75) is 31.1 Å². The second-order valence-electron chi connectivity index (χ2n) is 3.42. The van der Waals surface area contributed by atoms with Gasteiger partial charge in [0.25, 0.3) is 0 Å². The Labute approximate surface area is 81.9 Å². The molecule has 0 aliphatic carbocycles. The molecule has 0 saturated heterocycles. The molecule has 0 heterocycles. The topological polar surface area (TPSA) is 40.5 Å². The maximum absolute atomic E-state index is 11.5. The van der Waals surface area contributed by atoms with Crippen molar-refractivity contribution < 1.29 is 9.90 Å². The van der Waals surface area contributed by atoms with Crippen LogP contribution in [0.1, 0.15) is 20.8 Å². The standard InChI is InChI=1S/C8H16BrNO2/c1-6(5-11)10(4)7(12)8(2,3)9/h6,11H,5H2,1-4H3. The smallest absolute Gasteiger partial charge is 0.238 e. The summed E-state index contributed by atoms with van der Waals surface area (Å²) in [6, 6.07) is -0.130. The van der Waals surface area contributed by atoms with Crippen molar-refractivity contribution in [2.75, 3.05) is 13.7 Å². The maximum atomic E-state index is 11.5. The van der Waals surface area contributed by atoms with E-state index in [-0.39, 0.29) is 18.6 Å². The third-order valence-electron chi connectivity index (χ3n) is 1.75. The lowest BCUT2D eigenvalue weighted by Gasteiger charge is -2.28. The number of hydrogen-bond donors (Lipinski definition) is 1. The average Bonchev–Trinajstić information content (AvgIpc) is 1.98. The fourth-order valence-electron chi connectivity index (χ4n) is 0.742. The van der Waals surface area contributed by atoms with Crippen molar-refractivity contribution in [1.82, 2.24) is 4.90 Å². The van der Waals surface area contributed by atoms with E-state index in [2.05, 4.69) is 15.9 Å². The Balaban J connectivity index is 4.30. The van der Waals surface area contributed by atoms with Gasteiger partial charge < -0.3 is 10.0 Å². The van der Waals surface area contributed by atoms with E-state index in [9.17, 15) is 4.79 Å². The molecule has 0 aliphatic rings. The number of nitrogens with zero attached hydrogens (tertiary/aromatic N) is 1. The number of carbonyl (C=O) groups excluding carboxylic acids is 1. The van der Waals surface area contributed by atoms with Crippen LogP contribution in [0.15, 0.2) is 0 Å². The van der Waals surface area contributed by atoms with Gasteiger partial charge in [0.05, 0.1) is 17.0 Å². The molecule has 0 bridgehead atoms. The van der Waals surface area contributed by atoms with Crippen LogP contribution in [0.25, 0.3) is 0 Å². The summed E-state index contributed by atoms with van der Waals surface area (Å²) in [7, 11) is 1.69. The highest BCUT2D eigenvalue weighted by Gasteiger charge is 2.28. The molecule has 1 unspecified atom stereocenters. The summed E-state index contributed by atoms with van der Waals surface area (Å²) in [5, 5.41) is 8.81. The minimum absolute atomic E-state index is 0.00861. The molecule has 0 aromatic heterocycles. The van der Waals surface area contributed by atoms with Crippen LogP contribution in [0.4, 0.5) is 0 Å². The summed E-state index contributed by atoms with van der Waals surface area (Å²) in [5.74, 6) is -0.0240. The van der Waals surface area contributed by atoms with E-state index in [0.29, 0.717) is 0 Å². The summed E-state index contributed by atoms with van der Waals surface area (Å²) in [5.41, 5.74) is 0. The van der Waals surface area contributed by atoms with Gasteiger partial charge in [-0.15, -0.1) is 0 Å². The number of carbonyl (C=O) groups is 1. The maximum Gasteiger partial charge on any atom is 0.238 e. The van der Waals surface area contributed by atoms with Gasteiger partial charge in [0.2, 0.25) is 5.91 Å². The van der Waals surface area contributed by atoms with E-state index in [1.165, 1.54) is 4.90 Å². The van der Waals surface area contributed by atoms with Crippen molar-refractivity contribution in [2.24, 2.45) is 0 Å². The zero-order chi connectivity index (χ0) is 9.94. The number of hydrogen-bond acceptors (Lipinski definition) is 2. The summed E-state index contributed by atoms with van der Waals surface area (Å²) in [6.45, 7) is 5.37. The number of aliphatic hydroxyl groups excluding tert-OH is 1. The molecule has 0 aromatic rings. The van der Waals surface area contributed by atoms with E-state index < -0.39 is 4.32 Å². The van der Waals surface area contributed by atoms with E-state index >= 15 is 0 Å². The predicted molar refractivity (Wildman–Crippen MR) is 52.3 cm³/mol. The summed E-state index contributed by atoms with van der Waals surface area (Å²) in [6.07, 6.45) is 0. The highest BCUT2D eigenvalue weighted by atomic mass is 79.9. The zero-order valence-corrected chi connectivity index (χ0v) is 9.55. The Hall–Kier alpha value is -0.0900. The lowest BCUT2D eigenvalue weighted by molar-refractivity contribution is -0.133. The first-order valence-electron chi connectivity index (χ1n) is 3.87. The third kappa shape index (κ3) is 3.11. The van der Waals surface area contributed by atoms with Gasteiger partial charge in [-0.1, -0.05) is 15.9 Å². The molecule has 0 fully saturated rings. The molecule has 1 atom stereocenters. The van der Waals surface area contributed by atoms with Crippen molar-refractivity contribution >= 4 is 21.8 Å². The number of likely N-dealkylation sites (N-methyl/N-ethyl adjacent to an activating group) is 1. The fraction of sp³-hybridized carbons (Fsp3) is 0.875. The molecule has 0 aromatic carbocycles. The molecule has 0 spiro atoms. The minimum Gasteiger partial charge on any atom is -0.394 e. The van der Waals surface area contributed by atoms with E-state index in [0.717, 1.165) is 0 Å². The number of amides is 1. The average molecular weight is 238 g/mol. The zero-order valence-electron chi connectivity index (χ0n) is 7.97. The van der Waals surface area contributed by atoms with E-state index in [1.54, 1.807) is 27.8 Å². The van der Waals surface area contributed by atoms with Crippen LogP contribution in [0.2, 0.25) is 0 Å². The molecular formula is C8H16BrNO2. The van der Waals surface area contributed by atoms with Crippen LogP contribution in [0, 0.1) is 0 Å². The molecule has 0 saturated carbocycles. The molecule has 1 amide bonds. The predicted octanol–water partition coefficient (Wildman–Crippen LogP) is 0.999. The SMILES string of the molecule is CC(CO)N(C)C(=O)C(C)(C)Br. The largest absolute Gasteiger partial charge is 0.394 e. The Morgan fingerprint density at radius 2 is 2.08 bits per heavy atom. The van der Waals surface area contributed by atoms with Gasteiger partial charge in [-0.25, -0.2) is 0 Å². The summed E-state index contributed by atoms with van der Waals surface area (Å²) in [4.78, 5) is 13.1. The van der Waals surface area contributed by atoms with Gasteiger partial charge in [-0.05, 0) is 20.8 Å². The van der Waals surface area contributed by atoms with Crippen LogP contribution in [0.5, 0.6) is 0 Å². The summed E-state index contributed by atoms with van der Waals surface area (Å²) >= 11 is 3.27. The van der Waals surface area contributed by atoms with Crippen molar-refractivity contribution in [1.29, 1.82) is 0 Å². The molecule has 72 valence electrons. The second kappa shape index (κ2) is 4.23. The second-order valence-corrected chi connectivity index (χ2v) is 5.40. The molecule has 0 rings (SSSR count). The van der Waals surface area contributed by atoms with Gasteiger partial charge in [0, 0.05) is 7.05 Å². The minimum atomic E-state index is -0.550. The van der Waals surface area contributed by atoms with Gasteiger partial charge in [-0.2, -0.15) is 0 Å². The van der Waals surface area contributed by atoms with Crippen molar-refractivity contribution in [3.63, 3.8) is 0 Å². The van der Waals surface area contributed by atoms with Crippen LogP contribution in [0.3, 0.4) is 0 Å². The van der Waals surface area contributed by atoms with Crippen LogP contribution >= 0.6 is 15.9 Å². The first-order chi connectivity index (χ1) is 5.30. The Bertz CT molecular complexity index is 165. The molecule has 0 radical (unpaired) electrons. The van der Waals surface area contributed by atoms with Gasteiger partial charge in [0.15, 0.2) is 0 Å². The van der Waals surface area contributed by atoms with E-state index in [4.69, 9.17) is 5.11 Å². The van der Waals surface area contributed by atoms with Crippen LogP contribution in [-0.4, -0.2) is 39.9 Å². The third-order valence-corrected chi connectivity index (χ3v) is 2.09. The summed E-state index contributed by atoms with van der Waals surface area (Å²) < 4.78 is -0.550. The van der Waals surface area contributed by atoms with Gasteiger partial charge >= 0.3 is 0 Å². The van der Waals surface area contributed by atoms with Crippen LogP contribution in [-0.2, 0) is 4.79 Å². The first kappa shape index (κ1) is 11.9.